The van der Waals surface area contributed by atoms with Crippen molar-refractivity contribution in [1.82, 2.24) is 15.2 Å². The number of hydrogen-bond acceptors (Lipinski definition) is 5. The highest BCUT2D eigenvalue weighted by Crippen LogP contribution is 2.35. The summed E-state index contributed by atoms with van der Waals surface area (Å²) < 4.78 is 5.21. The van der Waals surface area contributed by atoms with Gasteiger partial charge in [-0.3, -0.25) is 14.5 Å². The Kier molecular flexibility index (Phi) is 5.41. The number of carbonyl (C=O) groups is 3. The van der Waals surface area contributed by atoms with Gasteiger partial charge in [-0.05, 0) is 23.8 Å². The summed E-state index contributed by atoms with van der Waals surface area (Å²) in [6.45, 7) is -0.487. The average Bonchev–Trinajstić information content (AvgIpc) is 3.33. The van der Waals surface area contributed by atoms with Gasteiger partial charge in [0.25, 0.3) is 11.8 Å². The van der Waals surface area contributed by atoms with Crippen LogP contribution in [0.1, 0.15) is 23.6 Å². The minimum absolute atomic E-state index is 0.109. The zero-order chi connectivity index (χ0) is 21.3. The Labute approximate surface area is 178 Å². The number of methoxy groups -OCH3 is 1. The predicted molar refractivity (Wildman–Crippen MR) is 110 cm³/mol. The summed E-state index contributed by atoms with van der Waals surface area (Å²) in [6, 6.07) is 13.7. The molecule has 1 saturated heterocycles. The number of benzene rings is 2. The largest absolute Gasteiger partial charge is 0.497 e. The maximum Gasteiger partial charge on any atom is 0.325 e. The zero-order valence-corrected chi connectivity index (χ0v) is 16.9. The molecule has 1 atom stereocenters. The lowest BCUT2D eigenvalue weighted by Crippen LogP contribution is -2.41. The molecule has 2 aliphatic rings. The molecular weight excluding hydrogens is 408 g/mol. The molecule has 2 aromatic rings. The molecule has 0 bridgehead atoms. The first kappa shape index (κ1) is 19.9. The number of nitrogens with zero attached hydrogens (tertiary/aromatic N) is 3. The Morgan fingerprint density at radius 2 is 1.93 bits per heavy atom. The van der Waals surface area contributed by atoms with Crippen LogP contribution in [0.25, 0.3) is 0 Å². The van der Waals surface area contributed by atoms with E-state index < -0.39 is 23.9 Å². The second kappa shape index (κ2) is 8.16. The van der Waals surface area contributed by atoms with Crippen molar-refractivity contribution in [2.75, 3.05) is 20.2 Å². The average molecular weight is 427 g/mol. The van der Waals surface area contributed by atoms with E-state index in [0.717, 1.165) is 16.0 Å². The molecule has 0 spiro atoms. The lowest BCUT2D eigenvalue weighted by atomic mass is 9.98. The molecule has 0 aliphatic carbocycles. The smallest absolute Gasteiger partial charge is 0.325 e. The molecule has 0 radical (unpaired) electrons. The summed E-state index contributed by atoms with van der Waals surface area (Å²) in [5, 5.41) is 8.81. The first-order chi connectivity index (χ1) is 14.5. The van der Waals surface area contributed by atoms with Crippen molar-refractivity contribution >= 4 is 35.2 Å². The van der Waals surface area contributed by atoms with Crippen LogP contribution < -0.4 is 10.1 Å². The quantitative estimate of drug-likeness (QED) is 0.744. The van der Waals surface area contributed by atoms with Gasteiger partial charge < -0.3 is 10.1 Å². The molecular formula is C21H19ClN4O4. The van der Waals surface area contributed by atoms with E-state index in [1.165, 1.54) is 5.01 Å². The van der Waals surface area contributed by atoms with E-state index in [1.807, 2.05) is 42.5 Å². The monoisotopic (exact) mass is 426 g/mol. The Morgan fingerprint density at radius 3 is 2.57 bits per heavy atom. The number of amides is 4. The van der Waals surface area contributed by atoms with Crippen molar-refractivity contribution in [3.05, 3.63) is 64.7 Å². The number of hydrazone groups is 1. The van der Waals surface area contributed by atoms with Gasteiger partial charge in [0.15, 0.2) is 0 Å². The number of halogens is 1. The van der Waals surface area contributed by atoms with Gasteiger partial charge in [-0.1, -0.05) is 41.9 Å². The highest BCUT2D eigenvalue weighted by atomic mass is 35.5. The van der Waals surface area contributed by atoms with Gasteiger partial charge in [0.2, 0.25) is 0 Å². The predicted octanol–water partition coefficient (Wildman–Crippen LogP) is 2.58. The minimum atomic E-state index is -0.580. The fraction of sp³-hybridized carbons (Fsp3) is 0.238. The Hall–Kier alpha value is -3.39. The molecule has 2 heterocycles. The third kappa shape index (κ3) is 3.73. The number of carbonyl (C=O) groups excluding carboxylic acids is 3. The minimum Gasteiger partial charge on any atom is -0.497 e. The van der Waals surface area contributed by atoms with Crippen LogP contribution in [-0.2, 0) is 9.59 Å². The number of imide groups is 1. The van der Waals surface area contributed by atoms with Crippen LogP contribution in [0.3, 0.4) is 0 Å². The molecule has 2 aromatic carbocycles. The normalized spacial score (nSPS) is 18.5. The van der Waals surface area contributed by atoms with Gasteiger partial charge in [-0.25, -0.2) is 9.80 Å². The van der Waals surface area contributed by atoms with Gasteiger partial charge >= 0.3 is 6.03 Å². The van der Waals surface area contributed by atoms with E-state index in [0.29, 0.717) is 22.9 Å². The van der Waals surface area contributed by atoms with Crippen molar-refractivity contribution in [3.63, 3.8) is 0 Å². The Morgan fingerprint density at radius 1 is 1.20 bits per heavy atom. The number of hydrogen-bond donors (Lipinski definition) is 1. The van der Waals surface area contributed by atoms with Crippen LogP contribution in [0, 0.1) is 0 Å². The number of urea groups is 1. The summed E-state index contributed by atoms with van der Waals surface area (Å²) in [5.74, 6) is -0.201. The zero-order valence-electron chi connectivity index (χ0n) is 16.2. The van der Waals surface area contributed by atoms with Crippen molar-refractivity contribution in [3.8, 4) is 5.75 Å². The molecule has 1 N–H and O–H groups in total. The molecule has 1 unspecified atom stereocenters. The molecule has 8 nitrogen and oxygen atoms in total. The molecule has 1 fully saturated rings. The fourth-order valence-corrected chi connectivity index (χ4v) is 3.75. The number of rotatable bonds is 5. The molecule has 4 amide bonds. The van der Waals surface area contributed by atoms with Crippen molar-refractivity contribution in [2.24, 2.45) is 5.10 Å². The highest BCUT2D eigenvalue weighted by Gasteiger charge is 2.37. The second-order valence-corrected chi connectivity index (χ2v) is 7.30. The molecule has 9 heteroatoms. The van der Waals surface area contributed by atoms with Gasteiger partial charge in [-0.15, -0.1) is 0 Å². The Bertz CT molecular complexity index is 1020. The van der Waals surface area contributed by atoms with E-state index in [-0.39, 0.29) is 13.1 Å². The molecule has 0 aromatic heterocycles. The summed E-state index contributed by atoms with van der Waals surface area (Å²) in [4.78, 5) is 37.7. The summed E-state index contributed by atoms with van der Waals surface area (Å²) in [7, 11) is 1.58. The number of nitrogens with one attached hydrogen (secondary N) is 1. The third-order valence-electron chi connectivity index (χ3n) is 5.08. The number of ether oxygens (including phenoxy) is 1. The van der Waals surface area contributed by atoms with Crippen LogP contribution in [0.5, 0.6) is 5.75 Å². The van der Waals surface area contributed by atoms with Gasteiger partial charge in [0.05, 0.1) is 25.4 Å². The van der Waals surface area contributed by atoms with Crippen molar-refractivity contribution in [1.29, 1.82) is 0 Å². The van der Waals surface area contributed by atoms with E-state index >= 15 is 0 Å². The lowest BCUT2D eigenvalue weighted by molar-refractivity contribution is -0.137. The third-order valence-corrected chi connectivity index (χ3v) is 5.41. The van der Waals surface area contributed by atoms with E-state index in [1.54, 1.807) is 13.2 Å². The van der Waals surface area contributed by atoms with Crippen LogP contribution >= 0.6 is 11.6 Å². The van der Waals surface area contributed by atoms with Gasteiger partial charge in [0, 0.05) is 17.0 Å². The maximum atomic E-state index is 13.0. The van der Waals surface area contributed by atoms with Crippen molar-refractivity contribution in [2.45, 2.75) is 12.5 Å². The topological polar surface area (TPSA) is 91.3 Å². The molecule has 154 valence electrons. The molecule has 30 heavy (non-hydrogen) atoms. The van der Waals surface area contributed by atoms with Crippen LogP contribution in [-0.4, -0.2) is 53.7 Å². The first-order valence-corrected chi connectivity index (χ1v) is 9.72. The lowest BCUT2D eigenvalue weighted by Gasteiger charge is -2.23. The van der Waals surface area contributed by atoms with Crippen LogP contribution in [0.4, 0.5) is 4.79 Å². The second-order valence-electron chi connectivity index (χ2n) is 6.90. The van der Waals surface area contributed by atoms with E-state index in [2.05, 4.69) is 10.4 Å². The van der Waals surface area contributed by atoms with E-state index in [4.69, 9.17) is 16.3 Å². The molecule has 0 saturated carbocycles. The molecule has 2 aliphatic heterocycles. The summed E-state index contributed by atoms with van der Waals surface area (Å²) in [5.41, 5.74) is 2.25. The standard InChI is InChI=1S/C21H19ClN4O4/c1-30-14-8-6-13(7-9-14)18-10-17(15-4-2-3-5-16(15)22)24-26(18)20(28)12-25-19(27)11-23-21(25)29/h2-9,18H,10-12H2,1H3,(H,23,29). The summed E-state index contributed by atoms with van der Waals surface area (Å²) in [6.07, 6.45) is 0.446. The van der Waals surface area contributed by atoms with Gasteiger partial charge in [-0.2, -0.15) is 5.10 Å². The molecule has 4 rings (SSSR count). The summed E-state index contributed by atoms with van der Waals surface area (Å²) >= 11 is 6.33. The maximum absolute atomic E-state index is 13.0. The Balaban J connectivity index is 1.65. The SMILES string of the molecule is COc1ccc(C2CC(c3ccccc3Cl)=NN2C(=O)CN2C(=O)CNC2=O)cc1. The van der Waals surface area contributed by atoms with E-state index in [9.17, 15) is 14.4 Å². The van der Waals surface area contributed by atoms with Crippen LogP contribution in [0.2, 0.25) is 5.02 Å². The fourth-order valence-electron chi connectivity index (χ4n) is 3.51. The highest BCUT2D eigenvalue weighted by molar-refractivity contribution is 6.34. The van der Waals surface area contributed by atoms with Crippen LogP contribution in [0.15, 0.2) is 53.6 Å². The van der Waals surface area contributed by atoms with Gasteiger partial charge in [0.1, 0.15) is 12.3 Å². The van der Waals surface area contributed by atoms with Crippen molar-refractivity contribution < 1.29 is 19.1 Å². The first-order valence-electron chi connectivity index (χ1n) is 9.34.